The van der Waals surface area contributed by atoms with Crippen LogP contribution < -0.4 is 10.6 Å². The lowest BCUT2D eigenvalue weighted by molar-refractivity contribution is -0.118. The molecule has 0 radical (unpaired) electrons. The van der Waals surface area contributed by atoms with Crippen molar-refractivity contribution in [2.45, 2.75) is 26.7 Å². The van der Waals surface area contributed by atoms with Gasteiger partial charge in [0.2, 0.25) is 5.91 Å². The van der Waals surface area contributed by atoms with Gasteiger partial charge in [-0.15, -0.1) is 0 Å². The topological polar surface area (TPSA) is 71.1 Å². The summed E-state index contributed by atoms with van der Waals surface area (Å²) in [5, 5.41) is 6.32. The Morgan fingerprint density at radius 3 is 2.50 bits per heavy atom. The van der Waals surface area contributed by atoms with E-state index in [9.17, 15) is 9.59 Å². The molecule has 1 aromatic heterocycles. The second-order valence-corrected chi connectivity index (χ2v) is 5.51. The summed E-state index contributed by atoms with van der Waals surface area (Å²) >= 11 is 0. The van der Waals surface area contributed by atoms with Crippen molar-refractivity contribution in [3.05, 3.63) is 41.6 Å². The molecule has 22 heavy (non-hydrogen) atoms. The van der Waals surface area contributed by atoms with E-state index in [-0.39, 0.29) is 17.7 Å². The predicted octanol–water partition coefficient (Wildman–Crippen LogP) is 2.22. The maximum atomic E-state index is 12.4. The first-order valence-corrected chi connectivity index (χ1v) is 7.41. The number of benzene rings is 1. The number of hydrogen-bond donors (Lipinski definition) is 2. The van der Waals surface area contributed by atoms with E-state index in [1.54, 1.807) is 0 Å². The molecule has 0 bridgehead atoms. The van der Waals surface area contributed by atoms with Crippen LogP contribution in [-0.2, 0) is 4.79 Å². The summed E-state index contributed by atoms with van der Waals surface area (Å²) in [6.45, 7) is 6.37. The zero-order valence-electron chi connectivity index (χ0n) is 13.1. The Labute approximate surface area is 130 Å². The van der Waals surface area contributed by atoms with E-state index >= 15 is 0 Å². The number of pyridine rings is 1. The molecule has 0 unspecified atom stereocenters. The van der Waals surface area contributed by atoms with Crippen LogP contribution in [-0.4, -0.2) is 29.9 Å². The maximum Gasteiger partial charge on any atom is 0.252 e. The number of rotatable bonds is 5. The standard InChI is InChI=1S/C17H21N3O2/c1-11(2)16-10-14(13-6-4-5-7-15(13)20-16)17(22)19-9-8-18-12(3)21/h4-7,10-11H,8-9H2,1-3H3,(H,18,21)(H,19,22). The second-order valence-electron chi connectivity index (χ2n) is 5.51. The van der Waals surface area contributed by atoms with Crippen LogP contribution in [0.2, 0.25) is 0 Å². The van der Waals surface area contributed by atoms with Gasteiger partial charge in [0.25, 0.3) is 5.91 Å². The first-order valence-electron chi connectivity index (χ1n) is 7.41. The SMILES string of the molecule is CC(=O)NCCNC(=O)c1cc(C(C)C)nc2ccccc12. The molecule has 2 aromatic rings. The second kappa shape index (κ2) is 7.02. The monoisotopic (exact) mass is 299 g/mol. The number of carbonyl (C=O) groups excluding carboxylic acids is 2. The molecule has 0 atom stereocenters. The molecule has 5 nitrogen and oxygen atoms in total. The van der Waals surface area contributed by atoms with E-state index in [0.29, 0.717) is 18.7 Å². The molecular formula is C17H21N3O2. The van der Waals surface area contributed by atoms with Crippen molar-refractivity contribution in [2.75, 3.05) is 13.1 Å². The van der Waals surface area contributed by atoms with Crippen molar-refractivity contribution in [3.63, 3.8) is 0 Å². The van der Waals surface area contributed by atoms with Crippen LogP contribution in [0.25, 0.3) is 10.9 Å². The summed E-state index contributed by atoms with van der Waals surface area (Å²) in [6, 6.07) is 9.47. The van der Waals surface area contributed by atoms with Crippen LogP contribution in [0, 0.1) is 0 Å². The highest BCUT2D eigenvalue weighted by Crippen LogP contribution is 2.22. The summed E-state index contributed by atoms with van der Waals surface area (Å²) in [4.78, 5) is 27.8. The maximum absolute atomic E-state index is 12.4. The van der Waals surface area contributed by atoms with Crippen LogP contribution in [0.15, 0.2) is 30.3 Å². The fraction of sp³-hybridized carbons (Fsp3) is 0.353. The van der Waals surface area contributed by atoms with Gasteiger partial charge in [-0.25, -0.2) is 0 Å². The highest BCUT2D eigenvalue weighted by atomic mass is 16.2. The Balaban J connectivity index is 2.24. The molecule has 0 aliphatic heterocycles. The predicted molar refractivity (Wildman–Crippen MR) is 86.8 cm³/mol. The van der Waals surface area contributed by atoms with E-state index in [1.165, 1.54) is 6.92 Å². The number of carbonyl (C=O) groups is 2. The van der Waals surface area contributed by atoms with E-state index < -0.39 is 0 Å². The molecule has 2 amide bonds. The third-order valence-corrected chi connectivity index (χ3v) is 3.36. The average Bonchev–Trinajstić information content (AvgIpc) is 2.50. The molecule has 0 saturated carbocycles. The van der Waals surface area contributed by atoms with Crippen LogP contribution >= 0.6 is 0 Å². The Morgan fingerprint density at radius 2 is 1.82 bits per heavy atom. The van der Waals surface area contributed by atoms with E-state index in [0.717, 1.165) is 16.6 Å². The molecule has 0 aliphatic carbocycles. The third kappa shape index (κ3) is 3.81. The van der Waals surface area contributed by atoms with Gasteiger partial charge in [0.05, 0.1) is 11.1 Å². The molecule has 116 valence electrons. The van der Waals surface area contributed by atoms with Gasteiger partial charge in [-0.1, -0.05) is 32.0 Å². The van der Waals surface area contributed by atoms with Crippen LogP contribution in [0.5, 0.6) is 0 Å². The van der Waals surface area contributed by atoms with Crippen molar-refractivity contribution in [1.29, 1.82) is 0 Å². The highest BCUT2D eigenvalue weighted by molar-refractivity contribution is 6.06. The highest BCUT2D eigenvalue weighted by Gasteiger charge is 2.13. The van der Waals surface area contributed by atoms with Crippen molar-refractivity contribution in [3.8, 4) is 0 Å². The Bertz CT molecular complexity index is 695. The Hall–Kier alpha value is -2.43. The fourth-order valence-electron chi connectivity index (χ4n) is 2.19. The number of aromatic nitrogens is 1. The zero-order valence-corrected chi connectivity index (χ0v) is 13.1. The van der Waals surface area contributed by atoms with Gasteiger partial charge in [0.1, 0.15) is 0 Å². The van der Waals surface area contributed by atoms with E-state index in [2.05, 4.69) is 29.5 Å². The van der Waals surface area contributed by atoms with Crippen LogP contribution in [0.1, 0.15) is 42.7 Å². The molecule has 2 N–H and O–H groups in total. The summed E-state index contributed by atoms with van der Waals surface area (Å²) in [5.74, 6) is -0.00732. The van der Waals surface area contributed by atoms with Crippen molar-refractivity contribution >= 4 is 22.7 Å². The van der Waals surface area contributed by atoms with Crippen molar-refractivity contribution in [2.24, 2.45) is 0 Å². The Kier molecular flexibility index (Phi) is 5.09. The van der Waals surface area contributed by atoms with Gasteiger partial charge in [-0.3, -0.25) is 14.6 Å². The third-order valence-electron chi connectivity index (χ3n) is 3.36. The van der Waals surface area contributed by atoms with Gasteiger partial charge in [-0.05, 0) is 18.1 Å². The average molecular weight is 299 g/mol. The molecule has 5 heteroatoms. The summed E-state index contributed by atoms with van der Waals surface area (Å²) in [6.07, 6.45) is 0. The largest absolute Gasteiger partial charge is 0.355 e. The minimum absolute atomic E-state index is 0.106. The molecule has 0 saturated heterocycles. The lowest BCUT2D eigenvalue weighted by Crippen LogP contribution is -2.33. The van der Waals surface area contributed by atoms with Crippen molar-refractivity contribution in [1.82, 2.24) is 15.6 Å². The molecule has 0 aliphatic rings. The summed E-state index contributed by atoms with van der Waals surface area (Å²) in [5.41, 5.74) is 2.34. The molecule has 1 aromatic carbocycles. The van der Waals surface area contributed by atoms with Gasteiger partial charge >= 0.3 is 0 Å². The van der Waals surface area contributed by atoms with Crippen LogP contribution in [0.4, 0.5) is 0 Å². The lowest BCUT2D eigenvalue weighted by Gasteiger charge is -2.12. The van der Waals surface area contributed by atoms with Gasteiger partial charge in [0, 0.05) is 31.1 Å². The van der Waals surface area contributed by atoms with Gasteiger partial charge < -0.3 is 10.6 Å². The minimum atomic E-state index is -0.147. The number of nitrogens with zero attached hydrogens (tertiary/aromatic N) is 1. The lowest BCUT2D eigenvalue weighted by atomic mass is 10.0. The van der Waals surface area contributed by atoms with E-state index in [4.69, 9.17) is 0 Å². The normalized spacial score (nSPS) is 10.7. The number of hydrogen-bond acceptors (Lipinski definition) is 3. The zero-order chi connectivity index (χ0) is 16.1. The number of fused-ring (bicyclic) bond motifs is 1. The molecular weight excluding hydrogens is 278 g/mol. The quantitative estimate of drug-likeness (QED) is 0.832. The van der Waals surface area contributed by atoms with Gasteiger partial charge in [-0.2, -0.15) is 0 Å². The molecule has 0 spiro atoms. The Morgan fingerprint density at radius 1 is 1.14 bits per heavy atom. The summed E-state index contributed by atoms with van der Waals surface area (Å²) in [7, 11) is 0. The fourth-order valence-corrected chi connectivity index (χ4v) is 2.19. The van der Waals surface area contributed by atoms with Crippen molar-refractivity contribution < 1.29 is 9.59 Å². The first kappa shape index (κ1) is 15.9. The smallest absolute Gasteiger partial charge is 0.252 e. The molecule has 0 fully saturated rings. The molecule has 2 rings (SSSR count). The number of amides is 2. The minimum Gasteiger partial charge on any atom is -0.355 e. The number of para-hydroxylation sites is 1. The summed E-state index contributed by atoms with van der Waals surface area (Å²) < 4.78 is 0. The van der Waals surface area contributed by atoms with Gasteiger partial charge in [0.15, 0.2) is 0 Å². The molecule has 1 heterocycles. The van der Waals surface area contributed by atoms with E-state index in [1.807, 2.05) is 30.3 Å². The van der Waals surface area contributed by atoms with Crippen LogP contribution in [0.3, 0.4) is 0 Å². The first-order chi connectivity index (χ1) is 10.5. The number of nitrogens with one attached hydrogen (secondary N) is 2.